The summed E-state index contributed by atoms with van der Waals surface area (Å²) < 4.78 is 37.0. The van der Waals surface area contributed by atoms with E-state index in [2.05, 4.69) is 32.1 Å². The van der Waals surface area contributed by atoms with Crippen LogP contribution in [-0.2, 0) is 14.8 Å². The zero-order valence-corrected chi connectivity index (χ0v) is 24.5. The highest BCUT2D eigenvalue weighted by atomic mass is 35.5. The molecule has 0 spiro atoms. The van der Waals surface area contributed by atoms with Crippen LogP contribution in [0.1, 0.15) is 12.8 Å². The third kappa shape index (κ3) is 8.43. The molecule has 1 amide bonds. The van der Waals surface area contributed by atoms with Crippen LogP contribution in [0.5, 0.6) is 11.6 Å². The monoisotopic (exact) mass is 581 g/mol. The predicted octanol–water partition coefficient (Wildman–Crippen LogP) is 2.81. The van der Waals surface area contributed by atoms with E-state index in [4.69, 9.17) is 21.1 Å². The number of nitrogens with one attached hydrogen (secondary N) is 2. The fourth-order valence-corrected chi connectivity index (χ4v) is 5.01. The van der Waals surface area contributed by atoms with E-state index in [1.54, 1.807) is 13.2 Å². The van der Waals surface area contributed by atoms with Crippen molar-refractivity contribution < 1.29 is 22.7 Å². The van der Waals surface area contributed by atoms with Crippen LogP contribution in [0.25, 0.3) is 0 Å². The van der Waals surface area contributed by atoms with Gasteiger partial charge in [0.1, 0.15) is 16.9 Å². The summed E-state index contributed by atoms with van der Waals surface area (Å²) in [5.74, 6) is 0.449. The van der Waals surface area contributed by atoms with E-state index in [9.17, 15) is 13.2 Å². The van der Waals surface area contributed by atoms with Gasteiger partial charge in [-0.3, -0.25) is 4.79 Å². The molecule has 1 aromatic carbocycles. The van der Waals surface area contributed by atoms with E-state index in [0.717, 1.165) is 12.2 Å². The third-order valence-electron chi connectivity index (χ3n) is 6.10. The van der Waals surface area contributed by atoms with E-state index < -0.39 is 16.1 Å². The molecule has 12 nitrogen and oxygen atoms in total. The number of benzene rings is 1. The highest BCUT2D eigenvalue weighted by Gasteiger charge is 2.28. The number of halogens is 1. The molecular formula is C25H36ClN7O5S. The molecule has 0 aliphatic carbocycles. The molecule has 1 aromatic heterocycles. The fraction of sp³-hybridized carbons (Fsp3) is 0.480. The van der Waals surface area contributed by atoms with Gasteiger partial charge >= 0.3 is 0 Å². The largest absolute Gasteiger partial charge is 0.494 e. The first-order valence-corrected chi connectivity index (χ1v) is 14.6. The van der Waals surface area contributed by atoms with Gasteiger partial charge in [-0.2, -0.15) is 9.29 Å². The Kier molecular flexibility index (Phi) is 10.4. The maximum absolute atomic E-state index is 12.2. The van der Waals surface area contributed by atoms with Crippen LogP contribution in [0.15, 0.2) is 31.0 Å². The molecule has 1 fully saturated rings. The van der Waals surface area contributed by atoms with Gasteiger partial charge in [0, 0.05) is 32.7 Å². The molecule has 0 bridgehead atoms. The molecule has 2 aromatic rings. The van der Waals surface area contributed by atoms with Crippen LogP contribution < -0.4 is 25.0 Å². The number of carbonyl (C=O) groups is 1. The van der Waals surface area contributed by atoms with Gasteiger partial charge in [-0.1, -0.05) is 18.2 Å². The van der Waals surface area contributed by atoms with Crippen molar-refractivity contribution in [3.05, 3.63) is 36.0 Å². The second-order valence-electron chi connectivity index (χ2n) is 9.46. The molecule has 1 aliphatic heterocycles. The van der Waals surface area contributed by atoms with E-state index in [1.807, 2.05) is 32.1 Å². The Morgan fingerprint density at radius 3 is 2.67 bits per heavy atom. The van der Waals surface area contributed by atoms with Crippen molar-refractivity contribution in [3.8, 4) is 11.6 Å². The molecule has 14 heteroatoms. The average molecular weight is 582 g/mol. The zero-order chi connectivity index (χ0) is 28.7. The van der Waals surface area contributed by atoms with Crippen molar-refractivity contribution in [2.75, 3.05) is 76.2 Å². The molecule has 2 heterocycles. The zero-order valence-electron chi connectivity index (χ0n) is 22.9. The Balaban J connectivity index is 1.89. The number of hydrogen-bond acceptors (Lipinski definition) is 10. The van der Waals surface area contributed by atoms with E-state index >= 15 is 0 Å². The highest BCUT2D eigenvalue weighted by molar-refractivity contribution is 7.88. The number of aromatic nitrogens is 2. The topological polar surface area (TPSA) is 129 Å². The van der Waals surface area contributed by atoms with Gasteiger partial charge in [0.05, 0.1) is 43.2 Å². The number of likely N-dealkylation sites (N-methyl/N-ethyl adjacent to an activating group) is 2. The quantitative estimate of drug-likeness (QED) is 0.361. The molecular weight excluding hydrogens is 546 g/mol. The maximum atomic E-state index is 12.2. The van der Waals surface area contributed by atoms with Crippen LogP contribution >= 0.6 is 11.6 Å². The number of rotatable bonds is 12. The number of sulfonamides is 1. The second-order valence-corrected chi connectivity index (χ2v) is 11.9. The Morgan fingerprint density at radius 2 is 2.03 bits per heavy atom. The van der Waals surface area contributed by atoms with Crippen LogP contribution in [-0.4, -0.2) is 100 Å². The van der Waals surface area contributed by atoms with Crippen LogP contribution in [0.2, 0.25) is 5.02 Å². The maximum Gasteiger partial charge on any atom is 0.247 e. The van der Waals surface area contributed by atoms with Crippen molar-refractivity contribution in [1.29, 1.82) is 0 Å². The molecule has 0 radical (unpaired) electrons. The number of anilines is 4. The number of carbonyl (C=O) groups excluding carboxylic acids is 1. The summed E-state index contributed by atoms with van der Waals surface area (Å²) in [6.07, 6.45) is 4.71. The number of nitrogens with zero attached hydrogens (tertiary/aromatic N) is 5. The molecule has 39 heavy (non-hydrogen) atoms. The molecule has 3 rings (SSSR count). The summed E-state index contributed by atoms with van der Waals surface area (Å²) in [4.78, 5) is 24.9. The standard InChI is InChI=1S/C25H36ClN7O5S/c1-7-23(34)28-19-13-20(22(37-5)14-21(19)32(4)12-11-31(2)3)29-25-27-15-18(26)24(30-25)38-17-9-8-10-33(16-17)39(6,35)36/h7,13-15,17H,1,8-12,16H2,2-6H3,(H,28,34)(H,27,29,30). The molecule has 1 saturated heterocycles. The summed E-state index contributed by atoms with van der Waals surface area (Å²) in [6.45, 7) is 5.72. The first-order valence-electron chi connectivity index (χ1n) is 12.3. The van der Waals surface area contributed by atoms with E-state index in [-0.39, 0.29) is 29.3 Å². The van der Waals surface area contributed by atoms with Crippen molar-refractivity contribution >= 4 is 50.5 Å². The minimum atomic E-state index is -3.33. The molecule has 1 atom stereocenters. The third-order valence-corrected chi connectivity index (χ3v) is 7.63. The van der Waals surface area contributed by atoms with E-state index in [0.29, 0.717) is 43.1 Å². The fourth-order valence-electron chi connectivity index (χ4n) is 3.98. The molecule has 2 N–H and O–H groups in total. The predicted molar refractivity (Wildman–Crippen MR) is 154 cm³/mol. The first-order chi connectivity index (χ1) is 18.4. The summed E-state index contributed by atoms with van der Waals surface area (Å²) in [5.41, 5.74) is 1.79. The SMILES string of the molecule is C=CC(=O)Nc1cc(Nc2ncc(Cl)c(OC3CCCN(S(C)(=O)=O)C3)n2)c(OC)cc1N(C)CCN(C)C. The Bertz CT molecular complexity index is 1290. The molecule has 214 valence electrons. The number of piperidine rings is 1. The molecule has 1 aliphatic rings. The van der Waals surface area contributed by atoms with Gasteiger partial charge in [0.2, 0.25) is 27.8 Å². The lowest BCUT2D eigenvalue weighted by molar-refractivity contribution is -0.111. The average Bonchev–Trinajstić information content (AvgIpc) is 2.89. The minimum absolute atomic E-state index is 0.133. The molecule has 1 unspecified atom stereocenters. The summed E-state index contributed by atoms with van der Waals surface area (Å²) in [6, 6.07) is 3.54. The lowest BCUT2D eigenvalue weighted by Gasteiger charge is -2.31. The highest BCUT2D eigenvalue weighted by Crippen LogP contribution is 2.38. The smallest absolute Gasteiger partial charge is 0.247 e. The summed E-state index contributed by atoms with van der Waals surface area (Å²) in [5, 5.41) is 6.16. The summed E-state index contributed by atoms with van der Waals surface area (Å²) in [7, 11) is 4.11. The lowest BCUT2D eigenvalue weighted by atomic mass is 10.1. The Hall–Kier alpha value is -3.13. The second kappa shape index (κ2) is 13.3. The number of ether oxygens (including phenoxy) is 2. The van der Waals surface area contributed by atoms with Crippen molar-refractivity contribution in [2.24, 2.45) is 0 Å². The Morgan fingerprint density at radius 1 is 1.28 bits per heavy atom. The van der Waals surface area contributed by atoms with Crippen molar-refractivity contribution in [3.63, 3.8) is 0 Å². The number of amides is 1. The Labute approximate surface area is 235 Å². The molecule has 0 saturated carbocycles. The lowest BCUT2D eigenvalue weighted by Crippen LogP contribution is -2.43. The van der Waals surface area contributed by atoms with Crippen molar-refractivity contribution in [2.45, 2.75) is 18.9 Å². The van der Waals surface area contributed by atoms with Crippen LogP contribution in [0.4, 0.5) is 23.0 Å². The van der Waals surface area contributed by atoms with Crippen LogP contribution in [0, 0.1) is 0 Å². The van der Waals surface area contributed by atoms with Gasteiger partial charge in [-0.05, 0) is 39.1 Å². The minimum Gasteiger partial charge on any atom is -0.494 e. The van der Waals surface area contributed by atoms with Crippen molar-refractivity contribution in [1.82, 2.24) is 19.2 Å². The van der Waals surface area contributed by atoms with Gasteiger partial charge in [-0.15, -0.1) is 0 Å². The first kappa shape index (κ1) is 30.4. The van der Waals surface area contributed by atoms with Crippen LogP contribution in [0.3, 0.4) is 0 Å². The summed E-state index contributed by atoms with van der Waals surface area (Å²) >= 11 is 6.31. The number of hydrogen-bond donors (Lipinski definition) is 2. The van der Waals surface area contributed by atoms with Gasteiger partial charge in [0.25, 0.3) is 0 Å². The normalized spacial score (nSPS) is 16.0. The number of methoxy groups -OCH3 is 1. The van der Waals surface area contributed by atoms with Gasteiger partial charge < -0.3 is 29.9 Å². The van der Waals surface area contributed by atoms with E-state index in [1.165, 1.54) is 22.8 Å². The van der Waals surface area contributed by atoms with Gasteiger partial charge in [0.15, 0.2) is 0 Å². The van der Waals surface area contributed by atoms with Gasteiger partial charge in [-0.25, -0.2) is 13.4 Å².